The molecule has 0 aliphatic heterocycles. The van der Waals surface area contributed by atoms with Crippen LogP contribution in [0.5, 0.6) is 0 Å². The number of hydrogen-bond donors (Lipinski definition) is 0. The lowest BCUT2D eigenvalue weighted by molar-refractivity contribution is 0.794. The maximum atomic E-state index is 3.71. The van der Waals surface area contributed by atoms with Gasteiger partial charge in [0.15, 0.2) is 0 Å². The van der Waals surface area contributed by atoms with Crippen molar-refractivity contribution in [2.75, 3.05) is 0 Å². The molecule has 0 aromatic heterocycles. The summed E-state index contributed by atoms with van der Waals surface area (Å²) in [7, 11) is 0. The lowest BCUT2D eigenvalue weighted by atomic mass is 9.75. The quantitative estimate of drug-likeness (QED) is 0.238. The van der Waals surface area contributed by atoms with Crippen LogP contribution in [-0.2, 0) is 6.42 Å². The first kappa shape index (κ1) is 20.2. The van der Waals surface area contributed by atoms with Gasteiger partial charge < -0.3 is 0 Å². The highest BCUT2D eigenvalue weighted by atomic mass is 79.9. The zero-order valence-corrected chi connectivity index (χ0v) is 19.8. The molecule has 0 nitrogen and oxygen atoms in total. The van der Waals surface area contributed by atoms with E-state index in [-0.39, 0.29) is 0 Å². The van der Waals surface area contributed by atoms with Crippen molar-refractivity contribution in [2.24, 2.45) is 0 Å². The van der Waals surface area contributed by atoms with Crippen molar-refractivity contribution in [2.45, 2.75) is 12.3 Å². The van der Waals surface area contributed by atoms with Gasteiger partial charge in [-0.25, -0.2) is 0 Å². The van der Waals surface area contributed by atoms with Crippen molar-refractivity contribution in [3.8, 4) is 33.4 Å². The molecule has 0 fully saturated rings. The summed E-state index contributed by atoms with van der Waals surface area (Å²) in [6, 6.07) is 44.1. The van der Waals surface area contributed by atoms with E-state index in [1.54, 1.807) is 0 Å². The van der Waals surface area contributed by atoms with Crippen molar-refractivity contribution >= 4 is 15.9 Å². The van der Waals surface area contributed by atoms with Gasteiger partial charge in [0.2, 0.25) is 0 Å². The molecule has 5 aromatic rings. The number of benzene rings is 5. The third-order valence-electron chi connectivity index (χ3n) is 6.74. The molecule has 0 amide bonds. The minimum Gasteiger partial charge on any atom is -0.0622 e. The summed E-state index contributed by atoms with van der Waals surface area (Å²) < 4.78 is 1.12. The Hall–Kier alpha value is -3.42. The molecule has 158 valence electrons. The fourth-order valence-electron chi connectivity index (χ4n) is 5.13. The molecule has 1 aliphatic rings. The van der Waals surface area contributed by atoms with E-state index in [2.05, 4.69) is 137 Å². The van der Waals surface area contributed by atoms with E-state index in [1.807, 2.05) is 0 Å². The van der Waals surface area contributed by atoms with E-state index < -0.39 is 0 Å². The molecule has 1 atom stereocenters. The summed E-state index contributed by atoms with van der Waals surface area (Å²) in [5, 5.41) is 0. The Balaban J connectivity index is 1.44. The normalized spacial score (nSPS) is 14.4. The van der Waals surface area contributed by atoms with Crippen molar-refractivity contribution in [1.29, 1.82) is 0 Å². The topological polar surface area (TPSA) is 0 Å². The predicted octanol–water partition coefficient (Wildman–Crippen LogP) is 9.14. The second-order valence-electron chi connectivity index (χ2n) is 8.69. The maximum Gasteiger partial charge on any atom is 0.0253 e. The first-order valence-electron chi connectivity index (χ1n) is 11.4. The molecule has 0 bridgehead atoms. The first-order chi connectivity index (χ1) is 16.3. The van der Waals surface area contributed by atoms with Gasteiger partial charge in [-0.3, -0.25) is 0 Å². The third-order valence-corrected chi connectivity index (χ3v) is 7.43. The first-order valence-corrected chi connectivity index (χ1v) is 12.2. The highest BCUT2D eigenvalue weighted by molar-refractivity contribution is 9.10. The molecule has 6 rings (SSSR count). The van der Waals surface area contributed by atoms with Crippen molar-refractivity contribution in [1.82, 2.24) is 0 Å². The van der Waals surface area contributed by atoms with Crippen LogP contribution in [0.2, 0.25) is 0 Å². The monoisotopic (exact) mass is 486 g/mol. The van der Waals surface area contributed by atoms with Crippen LogP contribution in [0.25, 0.3) is 33.4 Å². The van der Waals surface area contributed by atoms with E-state index in [1.165, 1.54) is 50.1 Å². The molecular weight excluding hydrogens is 464 g/mol. The molecule has 0 heterocycles. The van der Waals surface area contributed by atoms with Crippen molar-refractivity contribution in [3.05, 3.63) is 142 Å². The van der Waals surface area contributed by atoms with Crippen LogP contribution < -0.4 is 0 Å². The Labute approximate surface area is 203 Å². The van der Waals surface area contributed by atoms with E-state index in [4.69, 9.17) is 0 Å². The lowest BCUT2D eigenvalue weighted by Gasteiger charge is -2.29. The molecule has 5 aromatic carbocycles. The SMILES string of the molecule is Brc1ccccc1-c1cccc(-c2ccc3c(c2)CC(c2ccccc2)c2ccccc2-3)c1. The molecule has 1 aliphatic carbocycles. The molecule has 33 heavy (non-hydrogen) atoms. The average Bonchev–Trinajstić information content (AvgIpc) is 2.89. The van der Waals surface area contributed by atoms with Crippen LogP contribution in [0, 0.1) is 0 Å². The third kappa shape index (κ3) is 3.73. The summed E-state index contributed by atoms with van der Waals surface area (Å²) in [6.07, 6.45) is 1.02. The summed E-state index contributed by atoms with van der Waals surface area (Å²) >= 11 is 3.71. The van der Waals surface area contributed by atoms with Gasteiger partial charge in [-0.2, -0.15) is 0 Å². The Morgan fingerprint density at radius 1 is 0.515 bits per heavy atom. The molecule has 0 spiro atoms. The standard InChI is InChI=1S/C32H23Br/c33-32-16-7-6-13-28(32)25-12-8-11-23(19-25)24-17-18-27-26(20-24)21-31(22-9-2-1-3-10-22)30-15-5-4-14-29(27)30/h1-20,31H,21H2. The van der Waals surface area contributed by atoms with Gasteiger partial charge in [-0.05, 0) is 68.6 Å². The van der Waals surface area contributed by atoms with E-state index in [9.17, 15) is 0 Å². The van der Waals surface area contributed by atoms with Gasteiger partial charge in [0.05, 0.1) is 0 Å². The fourth-order valence-corrected chi connectivity index (χ4v) is 5.64. The van der Waals surface area contributed by atoms with Crippen LogP contribution in [0.3, 0.4) is 0 Å². The largest absolute Gasteiger partial charge is 0.0622 e. The van der Waals surface area contributed by atoms with Crippen LogP contribution in [0.15, 0.2) is 126 Å². The Morgan fingerprint density at radius 2 is 1.21 bits per heavy atom. The number of hydrogen-bond acceptors (Lipinski definition) is 0. The molecule has 0 saturated heterocycles. The van der Waals surface area contributed by atoms with Crippen molar-refractivity contribution in [3.63, 3.8) is 0 Å². The Morgan fingerprint density at radius 3 is 2.06 bits per heavy atom. The van der Waals surface area contributed by atoms with E-state index in [0.717, 1.165) is 10.9 Å². The summed E-state index contributed by atoms with van der Waals surface area (Å²) in [4.78, 5) is 0. The zero-order valence-electron chi connectivity index (χ0n) is 18.2. The highest BCUT2D eigenvalue weighted by Crippen LogP contribution is 2.44. The lowest BCUT2D eigenvalue weighted by Crippen LogP contribution is -2.12. The Bertz CT molecular complexity index is 1450. The number of halogens is 1. The zero-order chi connectivity index (χ0) is 22.2. The van der Waals surface area contributed by atoms with Gasteiger partial charge in [0.1, 0.15) is 0 Å². The van der Waals surface area contributed by atoms with Gasteiger partial charge in [-0.15, -0.1) is 0 Å². The van der Waals surface area contributed by atoms with Gasteiger partial charge in [-0.1, -0.05) is 125 Å². The van der Waals surface area contributed by atoms with Crippen LogP contribution >= 0.6 is 15.9 Å². The second kappa shape index (κ2) is 8.50. The van der Waals surface area contributed by atoms with Gasteiger partial charge in [0.25, 0.3) is 0 Å². The minimum atomic E-state index is 0.386. The number of fused-ring (bicyclic) bond motifs is 3. The molecular formula is C32H23Br. The van der Waals surface area contributed by atoms with Gasteiger partial charge >= 0.3 is 0 Å². The molecule has 0 saturated carbocycles. The van der Waals surface area contributed by atoms with Crippen molar-refractivity contribution < 1.29 is 0 Å². The second-order valence-corrected chi connectivity index (χ2v) is 9.54. The molecule has 1 heteroatoms. The maximum absolute atomic E-state index is 3.71. The minimum absolute atomic E-state index is 0.386. The van der Waals surface area contributed by atoms with Gasteiger partial charge in [0, 0.05) is 10.4 Å². The van der Waals surface area contributed by atoms with E-state index >= 15 is 0 Å². The van der Waals surface area contributed by atoms with E-state index in [0.29, 0.717) is 5.92 Å². The fraction of sp³-hybridized carbons (Fsp3) is 0.0625. The smallest absolute Gasteiger partial charge is 0.0253 e. The Kier molecular flexibility index (Phi) is 5.20. The molecule has 0 radical (unpaired) electrons. The van der Waals surface area contributed by atoms with Crippen LogP contribution in [0.1, 0.15) is 22.6 Å². The summed E-state index contributed by atoms with van der Waals surface area (Å²) in [6.45, 7) is 0. The molecule has 1 unspecified atom stereocenters. The summed E-state index contributed by atoms with van der Waals surface area (Å²) in [5.41, 5.74) is 11.9. The van der Waals surface area contributed by atoms with Crippen LogP contribution in [-0.4, -0.2) is 0 Å². The summed E-state index contributed by atoms with van der Waals surface area (Å²) in [5.74, 6) is 0.386. The highest BCUT2D eigenvalue weighted by Gasteiger charge is 2.25. The number of rotatable bonds is 3. The molecule has 0 N–H and O–H groups in total. The predicted molar refractivity (Wildman–Crippen MR) is 142 cm³/mol. The average molecular weight is 487 g/mol. The van der Waals surface area contributed by atoms with Crippen LogP contribution in [0.4, 0.5) is 0 Å².